The molecule has 2 N–H and O–H groups in total. The first kappa shape index (κ1) is 15.5. The van der Waals surface area contributed by atoms with Crippen molar-refractivity contribution < 1.29 is 9.47 Å². The van der Waals surface area contributed by atoms with Crippen LogP contribution in [0.15, 0.2) is 12.1 Å². The van der Waals surface area contributed by atoms with Crippen molar-refractivity contribution >= 4 is 11.6 Å². The lowest BCUT2D eigenvalue weighted by molar-refractivity contribution is 0.0970. The number of nitrogens with two attached hydrogens (primary N) is 1. The van der Waals surface area contributed by atoms with E-state index in [9.17, 15) is 0 Å². The van der Waals surface area contributed by atoms with Crippen LogP contribution in [-0.2, 0) is 6.54 Å². The lowest BCUT2D eigenvalue weighted by Crippen LogP contribution is -2.29. The molecule has 2 unspecified atom stereocenters. The van der Waals surface area contributed by atoms with E-state index in [2.05, 4.69) is 13.8 Å². The van der Waals surface area contributed by atoms with Gasteiger partial charge in [-0.15, -0.1) is 0 Å². The zero-order valence-electron chi connectivity index (χ0n) is 12.5. The number of halogens is 1. The molecule has 0 radical (unpaired) electrons. The van der Waals surface area contributed by atoms with Gasteiger partial charge in [0.05, 0.1) is 13.2 Å². The highest BCUT2D eigenvalue weighted by Crippen LogP contribution is 2.38. The lowest BCUT2D eigenvalue weighted by atomic mass is 9.82. The van der Waals surface area contributed by atoms with Crippen molar-refractivity contribution in [3.63, 3.8) is 0 Å². The highest BCUT2D eigenvalue weighted by Gasteiger charge is 2.27. The SMILES string of the molecule is COc1cc(Cl)cc(CN)c1OC1CC(C)CC(C)C1. The molecule has 1 aromatic rings. The fourth-order valence-electron chi connectivity index (χ4n) is 3.20. The van der Waals surface area contributed by atoms with Gasteiger partial charge in [0.2, 0.25) is 0 Å². The van der Waals surface area contributed by atoms with Crippen LogP contribution in [0.4, 0.5) is 0 Å². The Bertz CT molecular complexity index is 429. The summed E-state index contributed by atoms with van der Waals surface area (Å²) < 4.78 is 11.6. The van der Waals surface area contributed by atoms with Crippen molar-refractivity contribution in [2.45, 2.75) is 45.8 Å². The van der Waals surface area contributed by atoms with Crippen molar-refractivity contribution in [2.75, 3.05) is 7.11 Å². The summed E-state index contributed by atoms with van der Waals surface area (Å²) in [7, 11) is 1.63. The maximum absolute atomic E-state index is 6.23. The van der Waals surface area contributed by atoms with Gasteiger partial charge in [-0.2, -0.15) is 0 Å². The van der Waals surface area contributed by atoms with Crippen LogP contribution in [0.3, 0.4) is 0 Å². The monoisotopic (exact) mass is 297 g/mol. The molecule has 0 amide bonds. The highest BCUT2D eigenvalue weighted by atomic mass is 35.5. The first-order chi connectivity index (χ1) is 9.53. The van der Waals surface area contributed by atoms with Gasteiger partial charge in [0.1, 0.15) is 0 Å². The van der Waals surface area contributed by atoms with Crippen molar-refractivity contribution in [1.82, 2.24) is 0 Å². The molecule has 0 aliphatic heterocycles. The van der Waals surface area contributed by atoms with E-state index in [1.165, 1.54) is 6.42 Å². The summed E-state index contributed by atoms with van der Waals surface area (Å²) in [5, 5.41) is 0.625. The molecule has 20 heavy (non-hydrogen) atoms. The molecular weight excluding hydrogens is 274 g/mol. The first-order valence-corrected chi connectivity index (χ1v) is 7.64. The summed E-state index contributed by atoms with van der Waals surface area (Å²) in [6.07, 6.45) is 3.68. The fraction of sp³-hybridized carbons (Fsp3) is 0.625. The third kappa shape index (κ3) is 3.58. The van der Waals surface area contributed by atoms with Gasteiger partial charge in [-0.3, -0.25) is 0 Å². The highest BCUT2D eigenvalue weighted by molar-refractivity contribution is 6.30. The normalized spacial score (nSPS) is 26.4. The van der Waals surface area contributed by atoms with Crippen molar-refractivity contribution in [3.05, 3.63) is 22.7 Å². The van der Waals surface area contributed by atoms with E-state index in [0.29, 0.717) is 29.2 Å². The number of rotatable bonds is 4. The molecule has 3 nitrogen and oxygen atoms in total. The minimum atomic E-state index is 0.231. The molecule has 0 heterocycles. The van der Waals surface area contributed by atoms with Crippen LogP contribution in [0.5, 0.6) is 11.5 Å². The zero-order chi connectivity index (χ0) is 14.7. The average molecular weight is 298 g/mol. The Morgan fingerprint density at radius 3 is 2.40 bits per heavy atom. The predicted octanol–water partition coefficient (Wildman–Crippen LogP) is 4.01. The molecule has 1 aliphatic rings. The largest absolute Gasteiger partial charge is 0.493 e. The maximum atomic E-state index is 6.23. The molecular formula is C16H24ClNO2. The predicted molar refractivity (Wildman–Crippen MR) is 82.5 cm³/mol. The van der Waals surface area contributed by atoms with E-state index in [-0.39, 0.29) is 6.10 Å². The van der Waals surface area contributed by atoms with E-state index < -0.39 is 0 Å². The van der Waals surface area contributed by atoms with E-state index in [4.69, 9.17) is 26.8 Å². The molecule has 0 bridgehead atoms. The molecule has 1 fully saturated rings. The average Bonchev–Trinajstić information content (AvgIpc) is 2.39. The topological polar surface area (TPSA) is 44.5 Å². The molecule has 2 atom stereocenters. The molecule has 2 rings (SSSR count). The van der Waals surface area contributed by atoms with E-state index in [1.807, 2.05) is 6.07 Å². The van der Waals surface area contributed by atoms with Gasteiger partial charge in [0.15, 0.2) is 11.5 Å². The zero-order valence-corrected chi connectivity index (χ0v) is 13.2. The van der Waals surface area contributed by atoms with Crippen molar-refractivity contribution in [1.29, 1.82) is 0 Å². The van der Waals surface area contributed by atoms with E-state index in [0.717, 1.165) is 24.2 Å². The molecule has 1 aliphatic carbocycles. The smallest absolute Gasteiger partial charge is 0.166 e. The Morgan fingerprint density at radius 1 is 1.20 bits per heavy atom. The second kappa shape index (κ2) is 6.68. The molecule has 1 aromatic carbocycles. The van der Waals surface area contributed by atoms with Gasteiger partial charge in [-0.25, -0.2) is 0 Å². The number of hydrogen-bond acceptors (Lipinski definition) is 3. The summed E-state index contributed by atoms with van der Waals surface area (Å²) in [5.74, 6) is 2.82. The van der Waals surface area contributed by atoms with Gasteiger partial charge in [-0.05, 0) is 37.2 Å². The van der Waals surface area contributed by atoms with Crippen LogP contribution in [0.2, 0.25) is 5.02 Å². The van der Waals surface area contributed by atoms with Crippen LogP contribution in [-0.4, -0.2) is 13.2 Å². The molecule has 0 saturated heterocycles. The van der Waals surface area contributed by atoms with Crippen LogP contribution < -0.4 is 15.2 Å². The molecule has 0 spiro atoms. The number of ether oxygens (including phenoxy) is 2. The Morgan fingerprint density at radius 2 is 1.85 bits per heavy atom. The van der Waals surface area contributed by atoms with Gasteiger partial charge < -0.3 is 15.2 Å². The van der Waals surface area contributed by atoms with E-state index in [1.54, 1.807) is 13.2 Å². The van der Waals surface area contributed by atoms with Crippen LogP contribution in [0, 0.1) is 11.8 Å². The fourth-order valence-corrected chi connectivity index (χ4v) is 3.43. The molecule has 1 saturated carbocycles. The number of methoxy groups -OCH3 is 1. The first-order valence-electron chi connectivity index (χ1n) is 7.26. The van der Waals surface area contributed by atoms with Crippen LogP contribution in [0.25, 0.3) is 0 Å². The second-order valence-electron chi connectivity index (χ2n) is 5.96. The minimum Gasteiger partial charge on any atom is -0.493 e. The molecule has 4 heteroatoms. The third-order valence-corrected chi connectivity index (χ3v) is 4.17. The third-order valence-electron chi connectivity index (χ3n) is 3.96. The van der Waals surface area contributed by atoms with Gasteiger partial charge >= 0.3 is 0 Å². The van der Waals surface area contributed by atoms with Gasteiger partial charge in [-0.1, -0.05) is 25.4 Å². The summed E-state index contributed by atoms with van der Waals surface area (Å²) in [4.78, 5) is 0. The molecule has 0 aromatic heterocycles. The number of benzene rings is 1. The lowest BCUT2D eigenvalue weighted by Gasteiger charge is -2.32. The van der Waals surface area contributed by atoms with Crippen LogP contribution in [0.1, 0.15) is 38.7 Å². The van der Waals surface area contributed by atoms with Crippen molar-refractivity contribution in [2.24, 2.45) is 17.6 Å². The summed E-state index contributed by atoms with van der Waals surface area (Å²) in [5.41, 5.74) is 6.71. The van der Waals surface area contributed by atoms with Gasteiger partial charge in [0.25, 0.3) is 0 Å². The summed E-state index contributed by atoms with van der Waals surface area (Å²) >= 11 is 6.08. The van der Waals surface area contributed by atoms with Crippen LogP contribution >= 0.6 is 11.6 Å². The Hall–Kier alpha value is -0.930. The summed E-state index contributed by atoms with van der Waals surface area (Å²) in [6.45, 7) is 4.97. The molecule has 112 valence electrons. The quantitative estimate of drug-likeness (QED) is 0.913. The second-order valence-corrected chi connectivity index (χ2v) is 6.39. The minimum absolute atomic E-state index is 0.231. The Kier molecular flexibility index (Phi) is 5.17. The maximum Gasteiger partial charge on any atom is 0.166 e. The standard InChI is InChI=1S/C16H24ClNO2/c1-10-4-11(2)6-14(5-10)20-16-12(9-18)7-13(17)8-15(16)19-3/h7-8,10-11,14H,4-6,9,18H2,1-3H3. The van der Waals surface area contributed by atoms with E-state index >= 15 is 0 Å². The van der Waals surface area contributed by atoms with Gasteiger partial charge in [0, 0.05) is 23.2 Å². The summed E-state index contributed by atoms with van der Waals surface area (Å²) in [6, 6.07) is 3.64. The van der Waals surface area contributed by atoms with Crippen molar-refractivity contribution in [3.8, 4) is 11.5 Å². The number of hydrogen-bond donors (Lipinski definition) is 1. The Labute approximate surface area is 126 Å². The Balaban J connectivity index is 2.23.